The van der Waals surface area contributed by atoms with Crippen LogP contribution >= 0.6 is 11.6 Å². The molecule has 1 aromatic heterocycles. The van der Waals surface area contributed by atoms with Gasteiger partial charge < -0.3 is 9.73 Å². The second-order valence-corrected chi connectivity index (χ2v) is 6.29. The highest BCUT2D eigenvalue weighted by molar-refractivity contribution is 6.31. The van der Waals surface area contributed by atoms with Gasteiger partial charge in [0.2, 0.25) is 0 Å². The number of halogens is 1. The van der Waals surface area contributed by atoms with E-state index < -0.39 is 0 Å². The van der Waals surface area contributed by atoms with Gasteiger partial charge in [-0.15, -0.1) is 0 Å². The van der Waals surface area contributed by atoms with Crippen molar-refractivity contribution in [3.8, 4) is 11.3 Å². The number of furan rings is 1. The number of rotatable bonds is 3. The Balaban J connectivity index is 1.80. The molecule has 0 radical (unpaired) electrons. The molecule has 3 aromatic rings. The summed E-state index contributed by atoms with van der Waals surface area (Å²) in [5.41, 5.74) is 4.96. The maximum Gasteiger partial charge on any atom is 0.291 e. The van der Waals surface area contributed by atoms with Gasteiger partial charge in [-0.1, -0.05) is 29.8 Å². The number of anilines is 1. The molecule has 2 aromatic carbocycles. The van der Waals surface area contributed by atoms with E-state index in [4.69, 9.17) is 16.0 Å². The molecule has 1 N–H and O–H groups in total. The van der Waals surface area contributed by atoms with Crippen LogP contribution in [-0.4, -0.2) is 5.91 Å². The topological polar surface area (TPSA) is 42.2 Å². The smallest absolute Gasteiger partial charge is 0.291 e. The van der Waals surface area contributed by atoms with Crippen molar-refractivity contribution in [2.45, 2.75) is 20.8 Å². The number of benzene rings is 2. The van der Waals surface area contributed by atoms with E-state index in [9.17, 15) is 4.79 Å². The summed E-state index contributed by atoms with van der Waals surface area (Å²) in [7, 11) is 0. The number of amides is 1. The molecule has 0 atom stereocenters. The van der Waals surface area contributed by atoms with Crippen LogP contribution < -0.4 is 5.32 Å². The van der Waals surface area contributed by atoms with Crippen LogP contribution in [0.4, 0.5) is 5.69 Å². The molecule has 1 amide bonds. The first-order chi connectivity index (χ1) is 11.4. The average Bonchev–Trinajstić information content (AvgIpc) is 3.04. The van der Waals surface area contributed by atoms with E-state index in [1.54, 1.807) is 18.2 Å². The average molecular weight is 340 g/mol. The van der Waals surface area contributed by atoms with Crippen molar-refractivity contribution in [2.75, 3.05) is 5.32 Å². The van der Waals surface area contributed by atoms with Gasteiger partial charge >= 0.3 is 0 Å². The van der Waals surface area contributed by atoms with Crippen molar-refractivity contribution in [3.63, 3.8) is 0 Å². The Bertz CT molecular complexity index is 912. The summed E-state index contributed by atoms with van der Waals surface area (Å²) in [5, 5.41) is 3.41. The zero-order chi connectivity index (χ0) is 17.3. The quantitative estimate of drug-likeness (QED) is 0.657. The lowest BCUT2D eigenvalue weighted by Crippen LogP contribution is -2.10. The summed E-state index contributed by atoms with van der Waals surface area (Å²) in [6, 6.07) is 15.0. The second kappa shape index (κ2) is 6.54. The molecule has 0 aliphatic rings. The van der Waals surface area contributed by atoms with E-state index in [1.165, 1.54) is 11.1 Å². The molecular formula is C20H18ClNO2. The van der Waals surface area contributed by atoms with Gasteiger partial charge in [0.15, 0.2) is 5.76 Å². The molecule has 4 heteroatoms. The summed E-state index contributed by atoms with van der Waals surface area (Å²) in [6.07, 6.45) is 0. The Morgan fingerprint density at radius 1 is 0.917 bits per heavy atom. The Labute approximate surface area is 146 Å². The summed E-state index contributed by atoms with van der Waals surface area (Å²) in [4.78, 5) is 12.3. The molecule has 0 aliphatic heterocycles. The van der Waals surface area contributed by atoms with Gasteiger partial charge in [0.25, 0.3) is 5.91 Å². The highest BCUT2D eigenvalue weighted by Gasteiger charge is 2.13. The molecule has 3 rings (SSSR count). The van der Waals surface area contributed by atoms with Gasteiger partial charge in [-0.05, 0) is 67.8 Å². The highest BCUT2D eigenvalue weighted by atomic mass is 35.5. The van der Waals surface area contributed by atoms with Gasteiger partial charge in [-0.2, -0.15) is 0 Å². The Morgan fingerprint density at radius 3 is 2.38 bits per heavy atom. The number of hydrogen-bond acceptors (Lipinski definition) is 2. The van der Waals surface area contributed by atoms with Gasteiger partial charge in [-0.25, -0.2) is 0 Å². The summed E-state index contributed by atoms with van der Waals surface area (Å²) in [5.74, 6) is 0.634. The van der Waals surface area contributed by atoms with E-state index in [0.717, 1.165) is 11.1 Å². The van der Waals surface area contributed by atoms with Crippen LogP contribution in [0.2, 0.25) is 5.02 Å². The van der Waals surface area contributed by atoms with Gasteiger partial charge in [0, 0.05) is 16.3 Å². The summed E-state index contributed by atoms with van der Waals surface area (Å²) < 4.78 is 5.71. The molecule has 0 aliphatic carbocycles. The lowest BCUT2D eigenvalue weighted by atomic mass is 10.1. The molecule has 0 fully saturated rings. The minimum atomic E-state index is -0.301. The predicted octanol–water partition coefficient (Wildman–Crippen LogP) is 5.78. The molecule has 1 heterocycles. The van der Waals surface area contributed by atoms with Gasteiger partial charge in [-0.3, -0.25) is 4.79 Å². The minimum absolute atomic E-state index is 0.264. The molecule has 0 saturated heterocycles. The van der Waals surface area contributed by atoms with Crippen molar-refractivity contribution in [1.82, 2.24) is 0 Å². The maximum absolute atomic E-state index is 12.3. The number of carbonyl (C=O) groups is 1. The van der Waals surface area contributed by atoms with Crippen LogP contribution in [-0.2, 0) is 0 Å². The van der Waals surface area contributed by atoms with Gasteiger partial charge in [0.1, 0.15) is 5.76 Å². The van der Waals surface area contributed by atoms with Crippen LogP contribution in [0.15, 0.2) is 52.9 Å². The monoisotopic (exact) mass is 339 g/mol. The minimum Gasteiger partial charge on any atom is -0.451 e. The fourth-order valence-corrected chi connectivity index (χ4v) is 2.55. The van der Waals surface area contributed by atoms with Crippen molar-refractivity contribution >= 4 is 23.2 Å². The first kappa shape index (κ1) is 16.3. The molecule has 122 valence electrons. The number of hydrogen-bond donors (Lipinski definition) is 1. The maximum atomic E-state index is 12.3. The first-order valence-corrected chi connectivity index (χ1v) is 8.07. The lowest BCUT2D eigenvalue weighted by Gasteiger charge is -2.05. The predicted molar refractivity (Wildman–Crippen MR) is 97.8 cm³/mol. The normalized spacial score (nSPS) is 10.7. The Kier molecular flexibility index (Phi) is 4.45. The lowest BCUT2D eigenvalue weighted by molar-refractivity contribution is 0.0997. The van der Waals surface area contributed by atoms with Gasteiger partial charge in [0.05, 0.1) is 0 Å². The Morgan fingerprint density at radius 2 is 1.67 bits per heavy atom. The zero-order valence-corrected chi connectivity index (χ0v) is 14.6. The first-order valence-electron chi connectivity index (χ1n) is 7.69. The fourth-order valence-electron chi connectivity index (χ4n) is 2.37. The third-order valence-electron chi connectivity index (χ3n) is 4.05. The van der Waals surface area contributed by atoms with E-state index in [0.29, 0.717) is 16.5 Å². The van der Waals surface area contributed by atoms with Crippen LogP contribution in [0.5, 0.6) is 0 Å². The van der Waals surface area contributed by atoms with E-state index in [1.807, 2.05) is 31.2 Å². The largest absolute Gasteiger partial charge is 0.451 e. The molecule has 0 saturated carbocycles. The van der Waals surface area contributed by atoms with E-state index in [-0.39, 0.29) is 11.7 Å². The van der Waals surface area contributed by atoms with Crippen molar-refractivity contribution in [2.24, 2.45) is 0 Å². The summed E-state index contributed by atoms with van der Waals surface area (Å²) in [6.45, 7) is 6.03. The van der Waals surface area contributed by atoms with Crippen LogP contribution in [0.1, 0.15) is 27.2 Å². The number of carbonyl (C=O) groups excluding carboxylic acids is 1. The molecule has 0 bridgehead atoms. The summed E-state index contributed by atoms with van der Waals surface area (Å²) >= 11 is 6.08. The number of aryl methyl sites for hydroxylation is 3. The molecule has 24 heavy (non-hydrogen) atoms. The zero-order valence-electron chi connectivity index (χ0n) is 13.8. The Hall–Kier alpha value is -2.52. The number of nitrogens with one attached hydrogen (secondary N) is 1. The molecule has 0 spiro atoms. The van der Waals surface area contributed by atoms with Crippen molar-refractivity contribution in [1.29, 1.82) is 0 Å². The molecule has 3 nitrogen and oxygen atoms in total. The standard InChI is InChI=1S/C20H18ClNO2/c1-12-4-6-15(10-14(12)3)18-8-9-19(24-18)20(23)22-16-7-5-13(2)17(21)11-16/h4-11H,1-3H3,(H,22,23). The van der Waals surface area contributed by atoms with Crippen LogP contribution in [0.3, 0.4) is 0 Å². The molecular weight excluding hydrogens is 322 g/mol. The van der Waals surface area contributed by atoms with Crippen molar-refractivity contribution in [3.05, 3.63) is 76.0 Å². The third kappa shape index (κ3) is 3.36. The van der Waals surface area contributed by atoms with E-state index in [2.05, 4.69) is 25.2 Å². The third-order valence-corrected chi connectivity index (χ3v) is 4.46. The van der Waals surface area contributed by atoms with Crippen LogP contribution in [0.25, 0.3) is 11.3 Å². The van der Waals surface area contributed by atoms with Crippen molar-refractivity contribution < 1.29 is 9.21 Å². The van der Waals surface area contributed by atoms with E-state index >= 15 is 0 Å². The second-order valence-electron chi connectivity index (χ2n) is 5.88. The molecule has 0 unspecified atom stereocenters. The van der Waals surface area contributed by atoms with Crippen LogP contribution in [0, 0.1) is 20.8 Å². The highest BCUT2D eigenvalue weighted by Crippen LogP contribution is 2.25. The SMILES string of the molecule is Cc1ccc(-c2ccc(C(=O)Nc3ccc(C)c(Cl)c3)o2)cc1C. The fraction of sp³-hybridized carbons (Fsp3) is 0.150.